The number of ether oxygens (including phenoxy) is 2. The Morgan fingerprint density at radius 2 is 1.93 bits per heavy atom. The van der Waals surface area contributed by atoms with Gasteiger partial charge in [-0.2, -0.15) is 0 Å². The van der Waals surface area contributed by atoms with E-state index in [4.69, 9.17) is 9.47 Å². The predicted octanol–water partition coefficient (Wildman–Crippen LogP) is 3.26. The van der Waals surface area contributed by atoms with Crippen LogP contribution in [0.5, 0.6) is 5.75 Å². The second kappa shape index (κ2) is 8.34. The van der Waals surface area contributed by atoms with Gasteiger partial charge in [0.25, 0.3) is 5.91 Å². The van der Waals surface area contributed by atoms with E-state index in [-0.39, 0.29) is 17.1 Å². The summed E-state index contributed by atoms with van der Waals surface area (Å²) in [4.78, 5) is 39.0. The number of nitro groups is 1. The molecule has 0 unspecified atom stereocenters. The number of anilines is 1. The Bertz CT molecular complexity index is 1110. The Hall–Kier alpha value is -4.01. The minimum Gasteiger partial charge on any atom is -0.490 e. The average Bonchev–Trinajstić information content (AvgIpc) is 2.72. The van der Waals surface area contributed by atoms with Crippen LogP contribution in [0.25, 0.3) is 10.9 Å². The van der Waals surface area contributed by atoms with Gasteiger partial charge in [0.1, 0.15) is 5.69 Å². The van der Waals surface area contributed by atoms with E-state index in [1.54, 1.807) is 25.1 Å². The number of aromatic nitrogens is 1. The zero-order valence-corrected chi connectivity index (χ0v) is 15.7. The fourth-order valence-corrected chi connectivity index (χ4v) is 2.68. The van der Waals surface area contributed by atoms with Crippen LogP contribution in [0, 0.1) is 17.0 Å². The van der Waals surface area contributed by atoms with E-state index in [9.17, 15) is 19.7 Å². The van der Waals surface area contributed by atoms with Gasteiger partial charge in [0.05, 0.1) is 17.5 Å². The molecule has 0 bridgehead atoms. The van der Waals surface area contributed by atoms with Gasteiger partial charge in [0.15, 0.2) is 12.4 Å². The van der Waals surface area contributed by atoms with Crippen molar-refractivity contribution in [2.75, 3.05) is 19.0 Å². The van der Waals surface area contributed by atoms with E-state index in [0.29, 0.717) is 16.8 Å². The van der Waals surface area contributed by atoms with E-state index < -0.39 is 23.4 Å². The van der Waals surface area contributed by atoms with Crippen LogP contribution in [0.4, 0.5) is 11.4 Å². The summed E-state index contributed by atoms with van der Waals surface area (Å²) in [6.45, 7) is 1.07. The zero-order valence-electron chi connectivity index (χ0n) is 15.7. The molecule has 9 nitrogen and oxygen atoms in total. The number of aryl methyl sites for hydroxylation is 1. The molecule has 1 heterocycles. The van der Waals surface area contributed by atoms with E-state index in [2.05, 4.69) is 10.3 Å². The number of carbonyl (C=O) groups excluding carboxylic acids is 2. The first-order valence-electron chi connectivity index (χ1n) is 8.55. The monoisotopic (exact) mass is 395 g/mol. The summed E-state index contributed by atoms with van der Waals surface area (Å²) in [5, 5.41) is 14.5. The second-order valence-electron chi connectivity index (χ2n) is 6.11. The number of benzene rings is 2. The Morgan fingerprint density at radius 1 is 1.17 bits per heavy atom. The van der Waals surface area contributed by atoms with Crippen molar-refractivity contribution in [1.82, 2.24) is 4.98 Å². The minimum atomic E-state index is -0.732. The van der Waals surface area contributed by atoms with Crippen LogP contribution in [-0.2, 0) is 9.53 Å². The van der Waals surface area contributed by atoms with Crippen LogP contribution < -0.4 is 10.1 Å². The molecule has 0 fully saturated rings. The smallest absolute Gasteiger partial charge is 0.357 e. The van der Waals surface area contributed by atoms with Crippen molar-refractivity contribution in [3.63, 3.8) is 0 Å². The van der Waals surface area contributed by atoms with Crippen molar-refractivity contribution in [3.8, 4) is 5.75 Å². The Kier molecular flexibility index (Phi) is 5.68. The maximum Gasteiger partial charge on any atom is 0.357 e. The number of nitrogens with one attached hydrogen (secondary N) is 1. The van der Waals surface area contributed by atoms with Crippen LogP contribution in [0.2, 0.25) is 0 Å². The second-order valence-corrected chi connectivity index (χ2v) is 6.11. The number of nitro benzene ring substituents is 1. The summed E-state index contributed by atoms with van der Waals surface area (Å²) >= 11 is 0. The topological polar surface area (TPSA) is 121 Å². The number of hydrogen-bond donors (Lipinski definition) is 1. The van der Waals surface area contributed by atoms with E-state index in [1.165, 1.54) is 25.3 Å². The summed E-state index contributed by atoms with van der Waals surface area (Å²) in [7, 11) is 1.29. The summed E-state index contributed by atoms with van der Waals surface area (Å²) in [6.07, 6.45) is 0. The average molecular weight is 395 g/mol. The van der Waals surface area contributed by atoms with Gasteiger partial charge in [-0.3, -0.25) is 14.9 Å². The minimum absolute atomic E-state index is 0.00765. The van der Waals surface area contributed by atoms with Crippen LogP contribution in [0.1, 0.15) is 16.1 Å². The molecule has 1 N–H and O–H groups in total. The summed E-state index contributed by atoms with van der Waals surface area (Å²) in [6, 6.07) is 13.2. The third-order valence-corrected chi connectivity index (χ3v) is 4.14. The normalized spacial score (nSPS) is 10.4. The highest BCUT2D eigenvalue weighted by atomic mass is 16.6. The van der Waals surface area contributed by atoms with Gasteiger partial charge >= 0.3 is 11.7 Å². The van der Waals surface area contributed by atoms with Crippen molar-refractivity contribution in [2.45, 2.75) is 6.92 Å². The van der Waals surface area contributed by atoms with Crippen molar-refractivity contribution >= 4 is 34.2 Å². The predicted molar refractivity (Wildman–Crippen MR) is 105 cm³/mol. The molecule has 2 aromatic carbocycles. The molecule has 0 radical (unpaired) electrons. The van der Waals surface area contributed by atoms with Gasteiger partial charge in [-0.1, -0.05) is 24.3 Å². The lowest BCUT2D eigenvalue weighted by Crippen LogP contribution is -2.21. The molecule has 29 heavy (non-hydrogen) atoms. The first-order chi connectivity index (χ1) is 13.9. The molecule has 0 spiro atoms. The lowest BCUT2D eigenvalue weighted by Gasteiger charge is -2.11. The lowest BCUT2D eigenvalue weighted by molar-refractivity contribution is -0.385. The van der Waals surface area contributed by atoms with Gasteiger partial charge in [0, 0.05) is 23.2 Å². The number of rotatable bonds is 6. The van der Waals surface area contributed by atoms with Crippen molar-refractivity contribution < 1.29 is 24.0 Å². The number of pyridine rings is 1. The third-order valence-electron chi connectivity index (χ3n) is 4.14. The number of methoxy groups -OCH3 is 1. The number of amides is 1. The number of esters is 1. The summed E-state index contributed by atoms with van der Waals surface area (Å²) in [5.74, 6) is -1.32. The maximum atomic E-state index is 12.2. The highest BCUT2D eigenvalue weighted by Gasteiger charge is 2.19. The van der Waals surface area contributed by atoms with Crippen molar-refractivity contribution in [1.29, 1.82) is 0 Å². The molecule has 0 aliphatic rings. The fourth-order valence-electron chi connectivity index (χ4n) is 2.68. The van der Waals surface area contributed by atoms with Crippen LogP contribution in [0.15, 0.2) is 48.5 Å². The van der Waals surface area contributed by atoms with Crippen LogP contribution in [-0.4, -0.2) is 35.5 Å². The highest BCUT2D eigenvalue weighted by Crippen LogP contribution is 2.32. The molecule has 0 atom stereocenters. The zero-order chi connectivity index (χ0) is 21.0. The molecule has 0 saturated heterocycles. The van der Waals surface area contributed by atoms with Gasteiger partial charge in [-0.05, 0) is 24.6 Å². The molecule has 148 valence electrons. The third kappa shape index (κ3) is 4.46. The first kappa shape index (κ1) is 19.7. The lowest BCUT2D eigenvalue weighted by atomic mass is 10.1. The molecule has 0 aliphatic carbocycles. The number of fused-ring (bicyclic) bond motifs is 1. The molecule has 3 rings (SSSR count). The quantitative estimate of drug-likeness (QED) is 0.386. The van der Waals surface area contributed by atoms with E-state index in [1.807, 2.05) is 12.1 Å². The molecule has 9 heteroatoms. The Balaban J connectivity index is 1.66. The highest BCUT2D eigenvalue weighted by molar-refractivity contribution is 5.96. The van der Waals surface area contributed by atoms with Gasteiger partial charge in [-0.25, -0.2) is 9.78 Å². The molecule has 1 aromatic heterocycles. The molecule has 1 amide bonds. The maximum absolute atomic E-state index is 12.2. The van der Waals surface area contributed by atoms with Crippen molar-refractivity contribution in [2.24, 2.45) is 0 Å². The van der Waals surface area contributed by atoms with Gasteiger partial charge in [-0.15, -0.1) is 0 Å². The fraction of sp³-hybridized carbons (Fsp3) is 0.150. The summed E-state index contributed by atoms with van der Waals surface area (Å²) < 4.78 is 10.0. The number of hydrogen-bond acceptors (Lipinski definition) is 7. The molecular weight excluding hydrogens is 378 g/mol. The summed E-state index contributed by atoms with van der Waals surface area (Å²) in [5.41, 5.74) is 1.30. The van der Waals surface area contributed by atoms with Crippen molar-refractivity contribution in [3.05, 3.63) is 69.9 Å². The number of para-hydroxylation sites is 1. The van der Waals surface area contributed by atoms with Crippen LogP contribution in [0.3, 0.4) is 0 Å². The SMILES string of the molecule is COc1cc(NC(=O)COC(=O)c2ccc3ccccc3n2)c(C)cc1[N+](=O)[O-]. The Morgan fingerprint density at radius 3 is 2.66 bits per heavy atom. The van der Waals surface area contributed by atoms with Gasteiger partial charge in [0.2, 0.25) is 0 Å². The molecule has 0 aliphatic heterocycles. The van der Waals surface area contributed by atoms with Gasteiger partial charge < -0.3 is 14.8 Å². The largest absolute Gasteiger partial charge is 0.490 e. The number of carbonyl (C=O) groups is 2. The first-order valence-corrected chi connectivity index (χ1v) is 8.55. The molecule has 0 saturated carbocycles. The van der Waals surface area contributed by atoms with Crippen LogP contribution >= 0.6 is 0 Å². The number of nitrogens with zero attached hydrogens (tertiary/aromatic N) is 2. The molecular formula is C20H17N3O6. The van der Waals surface area contributed by atoms with E-state index >= 15 is 0 Å². The molecule has 3 aromatic rings. The Labute approximate surface area is 165 Å². The standard InChI is InChI=1S/C20H17N3O6/c1-12-9-17(23(26)27)18(28-2)10-16(12)22-19(24)11-29-20(25)15-8-7-13-5-3-4-6-14(13)21-15/h3-10H,11H2,1-2H3,(H,22,24). The van der Waals surface area contributed by atoms with E-state index in [0.717, 1.165) is 5.39 Å².